The predicted octanol–water partition coefficient (Wildman–Crippen LogP) is 5.47. The molecule has 0 atom stereocenters. The molecule has 2 N–H and O–H groups in total. The number of rotatable bonds is 3. The Labute approximate surface area is 106 Å². The van der Waals surface area contributed by atoms with Crippen molar-refractivity contribution in [2.24, 2.45) is 0 Å². The van der Waals surface area contributed by atoms with E-state index in [1.54, 1.807) is 0 Å². The van der Waals surface area contributed by atoms with Crippen molar-refractivity contribution in [2.45, 2.75) is 15.5 Å². The van der Waals surface area contributed by atoms with E-state index < -0.39 is 25.4 Å². The lowest BCUT2D eigenvalue weighted by molar-refractivity contribution is -0.113. The predicted molar refractivity (Wildman–Crippen MR) is 56.9 cm³/mol. The second kappa shape index (κ2) is 3.40. The second-order valence-corrected chi connectivity index (χ2v) is 7.25. The van der Waals surface area contributed by atoms with Crippen molar-refractivity contribution in [3.63, 3.8) is 0 Å². The van der Waals surface area contributed by atoms with Gasteiger partial charge in [0.1, 0.15) is 0 Å². The Morgan fingerprint density at radius 1 is 0.895 bits per heavy atom. The van der Waals surface area contributed by atoms with Gasteiger partial charge < -0.3 is 5.73 Å². The van der Waals surface area contributed by atoms with E-state index in [-0.39, 0.29) is 17.8 Å². The third kappa shape index (κ3) is 2.10. The van der Waals surface area contributed by atoms with Crippen LogP contribution in [-0.2, 0) is 0 Å². The van der Waals surface area contributed by atoms with Gasteiger partial charge in [-0.3, -0.25) is 0 Å². The third-order valence-corrected chi connectivity index (χ3v) is 5.06. The first-order chi connectivity index (χ1) is 8.03. The molecule has 11 heteroatoms. The van der Waals surface area contributed by atoms with Crippen molar-refractivity contribution in [1.29, 1.82) is 0 Å². The normalized spacial score (nSPS) is 17.7. The first-order valence-electron chi connectivity index (χ1n) is 4.33. The molecule has 0 heterocycles. The summed E-state index contributed by atoms with van der Waals surface area (Å²) in [7, 11) is -10.7. The lowest BCUT2D eigenvalue weighted by atomic mass is 10.3. The standard InChI is InChI=1S/C8H6ClF8NS/c9-7(10,11)8(12,13)19(14,15,16,17)6-3-1-5(18)2-4-6/h1-4H,18H2. The molecule has 0 fully saturated rings. The summed E-state index contributed by atoms with van der Waals surface area (Å²) < 4.78 is 104. The van der Waals surface area contributed by atoms with Gasteiger partial charge in [0.05, 0.1) is 4.90 Å². The zero-order chi connectivity index (χ0) is 15.4. The molecule has 0 aliphatic carbocycles. The molecule has 0 amide bonds. The average molecular weight is 336 g/mol. The highest BCUT2D eigenvalue weighted by atomic mass is 35.5. The molecule has 1 aromatic rings. The quantitative estimate of drug-likeness (QED) is 0.442. The Balaban J connectivity index is 3.68. The van der Waals surface area contributed by atoms with Crippen LogP contribution in [0.5, 0.6) is 0 Å². The fourth-order valence-corrected chi connectivity index (χ4v) is 3.03. The highest BCUT2D eigenvalue weighted by Crippen LogP contribution is 3.08. The van der Waals surface area contributed by atoms with E-state index in [4.69, 9.17) is 5.73 Å². The molecule has 0 aliphatic heterocycles. The number of anilines is 1. The van der Waals surface area contributed by atoms with E-state index in [1.807, 2.05) is 0 Å². The molecule has 0 radical (unpaired) electrons. The summed E-state index contributed by atoms with van der Waals surface area (Å²) in [5.41, 5.74) is 4.72. The Morgan fingerprint density at radius 3 is 1.58 bits per heavy atom. The molecular formula is C8H6ClF8NS. The largest absolute Gasteiger partial charge is 0.434 e. The number of nitrogens with two attached hydrogens (primary N) is 1. The fraction of sp³-hybridized carbons (Fsp3) is 0.250. The molecule has 1 rings (SSSR count). The average Bonchev–Trinajstić information content (AvgIpc) is 2.14. The molecule has 1 aromatic carbocycles. The Morgan fingerprint density at radius 2 is 1.26 bits per heavy atom. The van der Waals surface area contributed by atoms with E-state index in [9.17, 15) is 33.1 Å². The van der Waals surface area contributed by atoms with Gasteiger partial charge >= 0.3 is 10.6 Å². The molecule has 0 saturated heterocycles. The van der Waals surface area contributed by atoms with Crippen LogP contribution in [0, 0.1) is 0 Å². The van der Waals surface area contributed by atoms with Crippen LogP contribution in [0.1, 0.15) is 0 Å². The maximum atomic E-state index is 13.4. The number of hydrogen-bond acceptors (Lipinski definition) is 1. The summed E-state index contributed by atoms with van der Waals surface area (Å²) in [6.45, 7) is 0. The number of halogens is 9. The summed E-state index contributed by atoms with van der Waals surface area (Å²) >= 11 is 3.73. The van der Waals surface area contributed by atoms with E-state index in [2.05, 4.69) is 11.6 Å². The van der Waals surface area contributed by atoms with Gasteiger partial charge in [0.15, 0.2) is 0 Å². The van der Waals surface area contributed by atoms with E-state index >= 15 is 0 Å². The fourth-order valence-electron chi connectivity index (χ4n) is 1.12. The molecule has 1 nitrogen and oxygen atoms in total. The first-order valence-corrected chi connectivity index (χ1v) is 6.76. The summed E-state index contributed by atoms with van der Waals surface area (Å²) in [5.74, 6) is 0. The SMILES string of the molecule is Nc1ccc(S(F)(F)(F)(F)C(F)(F)C(F)(F)Cl)cc1. The van der Waals surface area contributed by atoms with Crippen molar-refractivity contribution >= 4 is 27.1 Å². The highest BCUT2D eigenvalue weighted by Gasteiger charge is 2.90. The number of hydrogen-bond donors (Lipinski definition) is 1. The first kappa shape index (κ1) is 16.2. The van der Waals surface area contributed by atoms with Gasteiger partial charge in [-0.1, -0.05) is 0 Å². The van der Waals surface area contributed by atoms with Crippen LogP contribution in [-0.4, -0.2) is 10.6 Å². The Hall–Kier alpha value is -0.900. The van der Waals surface area contributed by atoms with Gasteiger partial charge in [-0.2, -0.15) is 17.6 Å². The van der Waals surface area contributed by atoms with Crippen LogP contribution in [0.2, 0.25) is 0 Å². The molecule has 0 spiro atoms. The number of alkyl halides is 5. The van der Waals surface area contributed by atoms with Crippen LogP contribution < -0.4 is 5.73 Å². The highest BCUT2D eigenvalue weighted by molar-refractivity contribution is 8.50. The number of nitrogen functional groups attached to an aromatic ring is 1. The van der Waals surface area contributed by atoms with Crippen LogP contribution in [0.3, 0.4) is 0 Å². The van der Waals surface area contributed by atoms with Crippen LogP contribution in [0.15, 0.2) is 29.2 Å². The lowest BCUT2D eigenvalue weighted by Crippen LogP contribution is -2.47. The third-order valence-electron chi connectivity index (χ3n) is 2.20. The zero-order valence-corrected chi connectivity index (χ0v) is 10.3. The van der Waals surface area contributed by atoms with E-state index in [1.165, 1.54) is 0 Å². The molecule has 0 aliphatic rings. The number of benzene rings is 1. The van der Waals surface area contributed by atoms with Gasteiger partial charge in [0, 0.05) is 5.69 Å². The van der Waals surface area contributed by atoms with Gasteiger partial charge in [-0.05, 0) is 35.9 Å². The molecule has 19 heavy (non-hydrogen) atoms. The van der Waals surface area contributed by atoms with Crippen LogP contribution >= 0.6 is 21.4 Å². The second-order valence-electron chi connectivity index (χ2n) is 3.65. The van der Waals surface area contributed by atoms with Crippen molar-refractivity contribution in [2.75, 3.05) is 5.73 Å². The summed E-state index contributed by atoms with van der Waals surface area (Å²) in [4.78, 5) is -2.54. The molecular weight excluding hydrogens is 330 g/mol. The van der Waals surface area contributed by atoms with Crippen molar-refractivity contribution in [1.82, 2.24) is 0 Å². The van der Waals surface area contributed by atoms with E-state index in [0.29, 0.717) is 12.1 Å². The van der Waals surface area contributed by atoms with Crippen LogP contribution in [0.25, 0.3) is 0 Å². The van der Waals surface area contributed by atoms with Crippen molar-refractivity contribution in [3.05, 3.63) is 24.3 Å². The molecule has 0 saturated carbocycles. The Kier molecular flexibility index (Phi) is 2.89. The van der Waals surface area contributed by atoms with E-state index in [0.717, 1.165) is 0 Å². The van der Waals surface area contributed by atoms with Crippen molar-refractivity contribution < 1.29 is 33.1 Å². The van der Waals surface area contributed by atoms with Gasteiger partial charge in [0.25, 0.3) is 0 Å². The lowest BCUT2D eigenvalue weighted by Gasteiger charge is -2.54. The molecule has 0 aromatic heterocycles. The maximum absolute atomic E-state index is 13.4. The topological polar surface area (TPSA) is 26.0 Å². The van der Waals surface area contributed by atoms with Crippen LogP contribution in [0.4, 0.5) is 38.8 Å². The Bertz CT molecular complexity index is 501. The maximum Gasteiger partial charge on any atom is 0.434 e. The zero-order valence-electron chi connectivity index (χ0n) is 8.70. The molecule has 0 unspecified atom stereocenters. The summed E-state index contributed by atoms with van der Waals surface area (Å²) in [5, 5.41) is -13.2. The van der Waals surface area contributed by atoms with Gasteiger partial charge in [0.2, 0.25) is 9.84 Å². The smallest absolute Gasteiger partial charge is 0.399 e. The summed E-state index contributed by atoms with van der Waals surface area (Å²) in [6, 6.07) is 0.618. The minimum Gasteiger partial charge on any atom is -0.399 e. The monoisotopic (exact) mass is 335 g/mol. The minimum atomic E-state index is -10.7. The van der Waals surface area contributed by atoms with Gasteiger partial charge in [-0.25, -0.2) is 0 Å². The van der Waals surface area contributed by atoms with Gasteiger partial charge in [-0.15, -0.1) is 15.5 Å². The molecule has 0 bridgehead atoms. The van der Waals surface area contributed by atoms with Crippen molar-refractivity contribution in [3.8, 4) is 0 Å². The summed E-state index contributed by atoms with van der Waals surface area (Å²) in [6.07, 6.45) is 0. The molecule has 112 valence electrons. The minimum absolute atomic E-state index is 0.145.